The number of thiophene rings is 1. The molecule has 2 unspecified atom stereocenters. The van der Waals surface area contributed by atoms with E-state index in [1.807, 2.05) is 11.4 Å². The lowest BCUT2D eigenvalue weighted by Gasteiger charge is -2.15. The Bertz CT molecular complexity index is 466. The predicted molar refractivity (Wildman–Crippen MR) is 68.5 cm³/mol. The van der Waals surface area contributed by atoms with Gasteiger partial charge in [0.15, 0.2) is 9.84 Å². The highest BCUT2D eigenvalue weighted by Gasteiger charge is 2.33. The van der Waals surface area contributed by atoms with Crippen molar-refractivity contribution in [3.05, 3.63) is 20.8 Å². The molecule has 1 N–H and O–H groups in total. The Morgan fingerprint density at radius 2 is 2.38 bits per heavy atom. The van der Waals surface area contributed by atoms with Crippen LogP contribution in [0.25, 0.3) is 0 Å². The second-order valence-electron chi connectivity index (χ2n) is 4.13. The van der Waals surface area contributed by atoms with E-state index >= 15 is 0 Å². The van der Waals surface area contributed by atoms with E-state index in [1.54, 1.807) is 11.3 Å². The lowest BCUT2D eigenvalue weighted by atomic mass is 9.99. The number of hydrogen-bond donors (Lipinski definition) is 1. The summed E-state index contributed by atoms with van der Waals surface area (Å²) >= 11 is 4.99. The molecule has 1 aliphatic heterocycles. The molecule has 1 fully saturated rings. The Balaban J connectivity index is 2.00. The van der Waals surface area contributed by atoms with Gasteiger partial charge in [0.25, 0.3) is 0 Å². The summed E-state index contributed by atoms with van der Waals surface area (Å²) in [4.78, 5) is 1.08. The van der Waals surface area contributed by atoms with Crippen molar-refractivity contribution in [2.75, 3.05) is 11.5 Å². The molecule has 1 aliphatic rings. The van der Waals surface area contributed by atoms with Gasteiger partial charge in [-0.05, 0) is 33.8 Å². The van der Waals surface area contributed by atoms with Crippen molar-refractivity contribution in [2.24, 2.45) is 5.92 Å². The summed E-state index contributed by atoms with van der Waals surface area (Å²) < 4.78 is 23.6. The second kappa shape index (κ2) is 4.76. The van der Waals surface area contributed by atoms with Crippen LogP contribution in [0.2, 0.25) is 0 Å². The van der Waals surface area contributed by atoms with Gasteiger partial charge in [0.05, 0.1) is 17.6 Å². The van der Waals surface area contributed by atoms with E-state index in [0.717, 1.165) is 9.35 Å². The highest BCUT2D eigenvalue weighted by Crippen LogP contribution is 2.28. The number of halogens is 1. The smallest absolute Gasteiger partial charge is 0.150 e. The van der Waals surface area contributed by atoms with Crippen LogP contribution >= 0.6 is 27.3 Å². The number of aliphatic hydroxyl groups is 1. The Morgan fingerprint density at radius 1 is 1.62 bits per heavy atom. The van der Waals surface area contributed by atoms with E-state index < -0.39 is 15.9 Å². The molecule has 0 amide bonds. The van der Waals surface area contributed by atoms with Crippen LogP contribution in [0.4, 0.5) is 0 Å². The van der Waals surface area contributed by atoms with Gasteiger partial charge in [0, 0.05) is 21.7 Å². The van der Waals surface area contributed by atoms with Crippen LogP contribution in [0.1, 0.15) is 11.3 Å². The molecule has 0 radical (unpaired) electrons. The summed E-state index contributed by atoms with van der Waals surface area (Å²) in [7, 11) is -2.90. The first-order valence-electron chi connectivity index (χ1n) is 5.08. The average molecular weight is 325 g/mol. The first-order valence-corrected chi connectivity index (χ1v) is 8.58. The fraction of sp³-hybridized carbons (Fsp3) is 0.600. The Morgan fingerprint density at radius 3 is 2.88 bits per heavy atom. The zero-order chi connectivity index (χ0) is 11.8. The quantitative estimate of drug-likeness (QED) is 0.923. The number of aliphatic hydroxyl groups excluding tert-OH is 1. The SMILES string of the molecule is O=S1(=O)CCC(C(O)Cc2sccc2Br)C1. The Labute approximate surface area is 108 Å². The van der Waals surface area contributed by atoms with Crippen LogP contribution in [0.3, 0.4) is 0 Å². The molecule has 0 saturated carbocycles. The van der Waals surface area contributed by atoms with Crippen LogP contribution in [-0.4, -0.2) is 31.1 Å². The molecule has 1 aromatic heterocycles. The topological polar surface area (TPSA) is 54.4 Å². The first kappa shape index (κ1) is 12.5. The summed E-state index contributed by atoms with van der Waals surface area (Å²) in [6.07, 6.45) is 0.581. The van der Waals surface area contributed by atoms with Gasteiger partial charge in [-0.2, -0.15) is 0 Å². The number of rotatable bonds is 3. The van der Waals surface area contributed by atoms with Crippen molar-refractivity contribution >= 4 is 37.1 Å². The monoisotopic (exact) mass is 324 g/mol. The third-order valence-corrected chi connectivity index (χ3v) is 6.64. The molecular formula is C10H13BrO3S2. The van der Waals surface area contributed by atoms with Gasteiger partial charge in [-0.1, -0.05) is 0 Å². The summed E-state index contributed by atoms with van der Waals surface area (Å²) in [5.41, 5.74) is 0. The lowest BCUT2D eigenvalue weighted by Crippen LogP contribution is -2.23. The summed E-state index contributed by atoms with van der Waals surface area (Å²) in [6.45, 7) is 0. The van der Waals surface area contributed by atoms with E-state index in [1.165, 1.54) is 0 Å². The predicted octanol–water partition coefficient (Wildman–Crippen LogP) is 1.85. The average Bonchev–Trinajstić information content (AvgIpc) is 2.74. The molecule has 0 bridgehead atoms. The molecule has 90 valence electrons. The molecule has 0 aromatic carbocycles. The fourth-order valence-corrected chi connectivity index (χ4v) is 5.39. The van der Waals surface area contributed by atoms with Gasteiger partial charge in [0.1, 0.15) is 0 Å². The molecular weight excluding hydrogens is 312 g/mol. The maximum atomic E-state index is 11.3. The molecule has 2 heterocycles. The minimum Gasteiger partial charge on any atom is -0.392 e. The van der Waals surface area contributed by atoms with Crippen LogP contribution in [0, 0.1) is 5.92 Å². The molecule has 2 atom stereocenters. The van der Waals surface area contributed by atoms with Crippen molar-refractivity contribution in [1.82, 2.24) is 0 Å². The zero-order valence-corrected chi connectivity index (χ0v) is 11.8. The first-order chi connectivity index (χ1) is 7.48. The van der Waals surface area contributed by atoms with Crippen molar-refractivity contribution in [3.63, 3.8) is 0 Å². The highest BCUT2D eigenvalue weighted by atomic mass is 79.9. The van der Waals surface area contributed by atoms with Crippen LogP contribution in [-0.2, 0) is 16.3 Å². The maximum Gasteiger partial charge on any atom is 0.150 e. The third-order valence-electron chi connectivity index (χ3n) is 2.90. The third kappa shape index (κ3) is 2.85. The molecule has 16 heavy (non-hydrogen) atoms. The Hall–Kier alpha value is 0.0900. The van der Waals surface area contributed by atoms with Crippen LogP contribution < -0.4 is 0 Å². The molecule has 3 nitrogen and oxygen atoms in total. The fourth-order valence-electron chi connectivity index (χ4n) is 1.95. The van der Waals surface area contributed by atoms with Crippen molar-refractivity contribution in [1.29, 1.82) is 0 Å². The van der Waals surface area contributed by atoms with Gasteiger partial charge in [-0.25, -0.2) is 8.42 Å². The zero-order valence-electron chi connectivity index (χ0n) is 8.60. The second-order valence-corrected chi connectivity index (χ2v) is 8.21. The normalized spacial score (nSPS) is 25.8. The summed E-state index contributed by atoms with van der Waals surface area (Å²) in [5.74, 6) is 0.260. The van der Waals surface area contributed by atoms with E-state index in [-0.39, 0.29) is 17.4 Å². The number of sulfone groups is 1. The van der Waals surface area contributed by atoms with Crippen molar-refractivity contribution < 1.29 is 13.5 Å². The molecule has 6 heteroatoms. The van der Waals surface area contributed by atoms with E-state index in [9.17, 15) is 13.5 Å². The van der Waals surface area contributed by atoms with Gasteiger partial charge in [-0.3, -0.25) is 0 Å². The Kier molecular flexibility index (Phi) is 3.73. The van der Waals surface area contributed by atoms with Crippen LogP contribution in [0.5, 0.6) is 0 Å². The van der Waals surface area contributed by atoms with E-state index in [4.69, 9.17) is 0 Å². The largest absolute Gasteiger partial charge is 0.392 e. The van der Waals surface area contributed by atoms with E-state index in [0.29, 0.717) is 12.8 Å². The lowest BCUT2D eigenvalue weighted by molar-refractivity contribution is 0.121. The molecule has 0 spiro atoms. The van der Waals surface area contributed by atoms with E-state index in [2.05, 4.69) is 15.9 Å². The number of hydrogen-bond acceptors (Lipinski definition) is 4. The minimum atomic E-state index is -2.90. The molecule has 2 rings (SSSR count). The van der Waals surface area contributed by atoms with Crippen LogP contribution in [0.15, 0.2) is 15.9 Å². The standard InChI is InChI=1S/C10H13BrO3S2/c11-8-1-3-15-10(8)5-9(12)7-2-4-16(13,14)6-7/h1,3,7,9,12H,2,4-6H2. The van der Waals surface area contributed by atoms with Crippen molar-refractivity contribution in [2.45, 2.75) is 18.9 Å². The van der Waals surface area contributed by atoms with Gasteiger partial charge < -0.3 is 5.11 Å². The highest BCUT2D eigenvalue weighted by molar-refractivity contribution is 9.10. The molecule has 1 saturated heterocycles. The van der Waals surface area contributed by atoms with Gasteiger partial charge in [0.2, 0.25) is 0 Å². The van der Waals surface area contributed by atoms with Crippen molar-refractivity contribution in [3.8, 4) is 0 Å². The summed E-state index contributed by atoms with van der Waals surface area (Å²) in [6, 6.07) is 1.94. The minimum absolute atomic E-state index is 0.0981. The van der Waals surface area contributed by atoms with Gasteiger partial charge >= 0.3 is 0 Å². The van der Waals surface area contributed by atoms with Gasteiger partial charge in [-0.15, -0.1) is 11.3 Å². The summed E-state index contributed by atoms with van der Waals surface area (Å²) in [5, 5.41) is 12.0. The maximum absolute atomic E-state index is 11.3. The molecule has 0 aliphatic carbocycles. The molecule has 1 aromatic rings.